The van der Waals surface area contributed by atoms with Crippen molar-refractivity contribution >= 4 is 56.0 Å². The number of nitrogens with one attached hydrogen (secondary N) is 1. The van der Waals surface area contributed by atoms with Gasteiger partial charge in [0.05, 0.1) is 5.69 Å². The Kier molecular flexibility index (Phi) is 5.31. The van der Waals surface area contributed by atoms with E-state index in [2.05, 4.69) is 26.2 Å². The number of amidine groups is 1. The molecule has 27 heavy (non-hydrogen) atoms. The number of halogens is 1. The Morgan fingerprint density at radius 1 is 1.15 bits per heavy atom. The molecule has 2 aromatic carbocycles. The summed E-state index contributed by atoms with van der Waals surface area (Å²) in [5.74, 6) is -0.178. The highest BCUT2D eigenvalue weighted by Crippen LogP contribution is 2.39. The van der Waals surface area contributed by atoms with Crippen LogP contribution in [0.2, 0.25) is 0 Å². The second-order valence-electron chi connectivity index (χ2n) is 6.54. The molecule has 2 fully saturated rings. The molecule has 2 aliphatic rings. The van der Waals surface area contributed by atoms with Crippen molar-refractivity contribution in [2.45, 2.75) is 30.6 Å². The third-order valence-corrected chi connectivity index (χ3v) is 6.04. The predicted octanol–water partition coefficient (Wildman–Crippen LogP) is 4.57. The molecular weight excluding hydrogens is 426 g/mol. The quantitative estimate of drug-likeness (QED) is 0.735. The van der Waals surface area contributed by atoms with Crippen LogP contribution in [0.15, 0.2) is 64.1 Å². The van der Waals surface area contributed by atoms with Gasteiger partial charge in [-0.05, 0) is 49.2 Å². The van der Waals surface area contributed by atoms with Crippen LogP contribution in [0, 0.1) is 0 Å². The van der Waals surface area contributed by atoms with Crippen LogP contribution in [-0.2, 0) is 9.59 Å². The fraction of sp³-hybridized carbons (Fsp3) is 0.250. The van der Waals surface area contributed by atoms with Gasteiger partial charge in [0.15, 0.2) is 5.17 Å². The average molecular weight is 444 g/mol. The van der Waals surface area contributed by atoms with Crippen LogP contribution in [-0.4, -0.2) is 33.2 Å². The Labute approximate surface area is 170 Å². The lowest BCUT2D eigenvalue weighted by molar-refractivity contribution is -0.128. The number of benzene rings is 2. The second-order valence-corrected chi connectivity index (χ2v) is 8.62. The van der Waals surface area contributed by atoms with Gasteiger partial charge in [-0.2, -0.15) is 0 Å². The summed E-state index contributed by atoms with van der Waals surface area (Å²) < 4.78 is 0.948. The van der Waals surface area contributed by atoms with E-state index < -0.39 is 5.25 Å². The molecule has 1 aliphatic heterocycles. The highest BCUT2D eigenvalue weighted by molar-refractivity contribution is 9.10. The standard InChI is InChI=1S/C20H18BrN3O2S/c21-13-6-8-15(9-7-13)22-18(25)12-17-19(26)24(16-10-11-16)20(27-17)23-14-4-2-1-3-5-14/h1-9,16-17H,10-12H2,(H,22,25). The summed E-state index contributed by atoms with van der Waals surface area (Å²) in [4.78, 5) is 31.7. The third kappa shape index (κ3) is 4.42. The SMILES string of the molecule is O=C(CC1SC(=Nc2ccccc2)N(C2CC2)C1=O)Nc1ccc(Br)cc1. The first-order valence-corrected chi connectivity index (χ1v) is 10.5. The van der Waals surface area contributed by atoms with Crippen LogP contribution in [0.5, 0.6) is 0 Å². The Bertz CT molecular complexity index is 882. The molecule has 0 bridgehead atoms. The summed E-state index contributed by atoms with van der Waals surface area (Å²) in [5.41, 5.74) is 1.54. The first-order valence-electron chi connectivity index (χ1n) is 8.79. The van der Waals surface area contributed by atoms with Crippen molar-refractivity contribution < 1.29 is 9.59 Å². The molecule has 1 saturated heterocycles. The molecule has 2 aromatic rings. The van der Waals surface area contributed by atoms with Crippen molar-refractivity contribution in [3.63, 3.8) is 0 Å². The van der Waals surface area contributed by atoms with Crippen LogP contribution < -0.4 is 5.32 Å². The molecule has 1 heterocycles. The summed E-state index contributed by atoms with van der Waals surface area (Å²) >= 11 is 4.76. The fourth-order valence-electron chi connectivity index (χ4n) is 2.89. The van der Waals surface area contributed by atoms with E-state index in [0.717, 1.165) is 28.7 Å². The number of carbonyl (C=O) groups excluding carboxylic acids is 2. The monoisotopic (exact) mass is 443 g/mol. The molecule has 138 valence electrons. The molecule has 1 atom stereocenters. The minimum Gasteiger partial charge on any atom is -0.326 e. The maximum absolute atomic E-state index is 12.9. The second kappa shape index (κ2) is 7.86. The van der Waals surface area contributed by atoms with Crippen LogP contribution >= 0.6 is 27.7 Å². The third-order valence-electron chi connectivity index (χ3n) is 4.36. The van der Waals surface area contributed by atoms with E-state index in [1.54, 1.807) is 4.90 Å². The van der Waals surface area contributed by atoms with E-state index in [1.807, 2.05) is 54.6 Å². The summed E-state index contributed by atoms with van der Waals surface area (Å²) in [6, 6.07) is 17.2. The first-order chi connectivity index (χ1) is 13.1. The Balaban J connectivity index is 1.47. The van der Waals surface area contributed by atoms with Gasteiger partial charge in [-0.1, -0.05) is 45.9 Å². The average Bonchev–Trinajstić information content (AvgIpc) is 3.44. The van der Waals surface area contributed by atoms with E-state index in [0.29, 0.717) is 5.17 Å². The molecule has 1 aliphatic carbocycles. The summed E-state index contributed by atoms with van der Waals surface area (Å²) in [7, 11) is 0. The van der Waals surface area contributed by atoms with E-state index in [4.69, 9.17) is 0 Å². The van der Waals surface area contributed by atoms with E-state index >= 15 is 0 Å². The van der Waals surface area contributed by atoms with E-state index in [9.17, 15) is 9.59 Å². The molecule has 5 nitrogen and oxygen atoms in total. The summed E-state index contributed by atoms with van der Waals surface area (Å²) in [6.45, 7) is 0. The summed E-state index contributed by atoms with van der Waals surface area (Å²) in [6.07, 6.45) is 2.13. The molecular formula is C20H18BrN3O2S. The van der Waals surface area contributed by atoms with Gasteiger partial charge in [-0.15, -0.1) is 0 Å². The van der Waals surface area contributed by atoms with Crippen molar-refractivity contribution in [2.75, 3.05) is 5.32 Å². The van der Waals surface area contributed by atoms with Gasteiger partial charge in [0.25, 0.3) is 0 Å². The Hall–Kier alpha value is -2.12. The highest BCUT2D eigenvalue weighted by Gasteiger charge is 2.46. The molecule has 1 N–H and O–H groups in total. The number of carbonyl (C=O) groups is 2. The van der Waals surface area contributed by atoms with Gasteiger partial charge in [0.2, 0.25) is 11.8 Å². The van der Waals surface area contributed by atoms with Gasteiger partial charge in [0, 0.05) is 22.6 Å². The number of hydrogen-bond acceptors (Lipinski definition) is 4. The smallest absolute Gasteiger partial charge is 0.242 e. The van der Waals surface area contributed by atoms with Crippen LogP contribution in [0.1, 0.15) is 19.3 Å². The normalized spacial score (nSPS) is 20.9. The van der Waals surface area contributed by atoms with Crippen LogP contribution in [0.4, 0.5) is 11.4 Å². The maximum atomic E-state index is 12.9. The number of hydrogen-bond donors (Lipinski definition) is 1. The molecule has 1 saturated carbocycles. The number of para-hydroxylation sites is 1. The van der Waals surface area contributed by atoms with Crippen LogP contribution in [0.25, 0.3) is 0 Å². The van der Waals surface area contributed by atoms with E-state index in [1.165, 1.54) is 11.8 Å². The van der Waals surface area contributed by atoms with Gasteiger partial charge >= 0.3 is 0 Å². The van der Waals surface area contributed by atoms with Crippen molar-refractivity contribution in [1.29, 1.82) is 0 Å². The molecule has 0 spiro atoms. The number of aliphatic imine (C=N–C) groups is 1. The van der Waals surface area contributed by atoms with Crippen molar-refractivity contribution in [3.8, 4) is 0 Å². The molecule has 1 unspecified atom stereocenters. The zero-order chi connectivity index (χ0) is 18.8. The zero-order valence-electron chi connectivity index (χ0n) is 14.5. The summed E-state index contributed by atoms with van der Waals surface area (Å²) in [5, 5.41) is 3.13. The number of rotatable bonds is 5. The minimum absolute atomic E-state index is 0.0110. The zero-order valence-corrected chi connectivity index (χ0v) is 16.9. The lowest BCUT2D eigenvalue weighted by Gasteiger charge is -2.15. The van der Waals surface area contributed by atoms with Gasteiger partial charge in [-0.25, -0.2) is 4.99 Å². The fourth-order valence-corrected chi connectivity index (χ4v) is 4.37. The highest BCUT2D eigenvalue weighted by atomic mass is 79.9. The van der Waals surface area contributed by atoms with Gasteiger partial charge < -0.3 is 5.32 Å². The van der Waals surface area contributed by atoms with Crippen molar-refractivity contribution in [3.05, 3.63) is 59.1 Å². The van der Waals surface area contributed by atoms with Crippen molar-refractivity contribution in [1.82, 2.24) is 4.90 Å². The largest absolute Gasteiger partial charge is 0.326 e. The predicted molar refractivity (Wildman–Crippen MR) is 112 cm³/mol. The molecule has 4 rings (SSSR count). The van der Waals surface area contributed by atoms with Gasteiger partial charge in [-0.3, -0.25) is 14.5 Å². The van der Waals surface area contributed by atoms with E-state index in [-0.39, 0.29) is 24.3 Å². The topological polar surface area (TPSA) is 61.8 Å². The molecule has 2 amide bonds. The van der Waals surface area contributed by atoms with Crippen LogP contribution in [0.3, 0.4) is 0 Å². The maximum Gasteiger partial charge on any atom is 0.242 e. The number of thioether (sulfide) groups is 1. The molecule has 0 radical (unpaired) electrons. The van der Waals surface area contributed by atoms with Crippen molar-refractivity contribution in [2.24, 2.45) is 4.99 Å². The molecule has 7 heteroatoms. The van der Waals surface area contributed by atoms with Gasteiger partial charge in [0.1, 0.15) is 5.25 Å². The Morgan fingerprint density at radius 3 is 2.52 bits per heavy atom. The lowest BCUT2D eigenvalue weighted by Crippen LogP contribution is -2.35. The number of amides is 2. The molecule has 0 aromatic heterocycles. The minimum atomic E-state index is -0.427. The number of anilines is 1. The Morgan fingerprint density at radius 2 is 1.85 bits per heavy atom. The number of nitrogens with zero attached hydrogens (tertiary/aromatic N) is 2. The first kappa shape index (κ1) is 18.3. The lowest BCUT2D eigenvalue weighted by atomic mass is 10.2.